The summed E-state index contributed by atoms with van der Waals surface area (Å²) in [4.78, 5) is 12.4. The molecule has 0 saturated carbocycles. The van der Waals surface area contributed by atoms with Gasteiger partial charge in [0.25, 0.3) is 5.22 Å². The molecule has 0 spiro atoms. The van der Waals surface area contributed by atoms with E-state index in [2.05, 4.69) is 15.5 Å². The van der Waals surface area contributed by atoms with E-state index in [4.69, 9.17) is 4.42 Å². The first-order valence-corrected chi connectivity index (χ1v) is 9.02. The predicted molar refractivity (Wildman–Crippen MR) is 98.0 cm³/mol. The van der Waals surface area contributed by atoms with Gasteiger partial charge < -0.3 is 9.73 Å². The maximum atomic E-state index is 13.0. The van der Waals surface area contributed by atoms with Gasteiger partial charge >= 0.3 is 0 Å². The summed E-state index contributed by atoms with van der Waals surface area (Å²) < 4.78 is 18.6. The van der Waals surface area contributed by atoms with Gasteiger partial charge in [-0.2, -0.15) is 0 Å². The molecule has 3 rings (SSSR count). The number of carbonyl (C=O) groups excluding carboxylic acids is 1. The van der Waals surface area contributed by atoms with Crippen LogP contribution in [-0.2, 0) is 4.79 Å². The quantitative estimate of drug-likeness (QED) is 0.657. The summed E-state index contributed by atoms with van der Waals surface area (Å²) in [6.45, 7) is 3.62. The van der Waals surface area contributed by atoms with Crippen molar-refractivity contribution in [2.75, 3.05) is 0 Å². The molecule has 1 amide bonds. The Kier molecular flexibility index (Phi) is 5.68. The van der Waals surface area contributed by atoms with Crippen LogP contribution in [0.1, 0.15) is 25.5 Å². The lowest BCUT2D eigenvalue weighted by Gasteiger charge is -2.16. The van der Waals surface area contributed by atoms with Crippen LogP contribution in [0.25, 0.3) is 11.5 Å². The lowest BCUT2D eigenvalue weighted by molar-refractivity contribution is -0.120. The van der Waals surface area contributed by atoms with E-state index in [1.807, 2.05) is 37.3 Å². The molecule has 0 bridgehead atoms. The standard InChI is InChI=1S/C19H18FN3O2S/c1-12(14-8-10-16(20)11-9-14)21-17(24)13(2)26-19-23-22-18(25-19)15-6-4-3-5-7-15/h3-13H,1-2H3,(H,21,24)/t12-,13+/m0/s1. The maximum Gasteiger partial charge on any atom is 0.277 e. The van der Waals surface area contributed by atoms with E-state index >= 15 is 0 Å². The molecule has 0 unspecified atom stereocenters. The topological polar surface area (TPSA) is 68.0 Å². The number of halogens is 1. The number of nitrogens with zero attached hydrogens (tertiary/aromatic N) is 2. The van der Waals surface area contributed by atoms with E-state index in [0.717, 1.165) is 11.1 Å². The van der Waals surface area contributed by atoms with Crippen molar-refractivity contribution in [1.29, 1.82) is 0 Å². The van der Waals surface area contributed by atoms with Gasteiger partial charge in [-0.15, -0.1) is 10.2 Å². The molecule has 0 fully saturated rings. The number of hydrogen-bond donors (Lipinski definition) is 1. The molecule has 1 heterocycles. The third-order valence-electron chi connectivity index (χ3n) is 3.80. The summed E-state index contributed by atoms with van der Waals surface area (Å²) >= 11 is 1.19. The first-order valence-electron chi connectivity index (χ1n) is 8.14. The van der Waals surface area contributed by atoms with Crippen LogP contribution in [0.4, 0.5) is 4.39 Å². The second kappa shape index (κ2) is 8.14. The summed E-state index contributed by atoms with van der Waals surface area (Å²) in [6.07, 6.45) is 0. The number of benzene rings is 2. The molecular formula is C19H18FN3O2S. The van der Waals surface area contributed by atoms with Crippen molar-refractivity contribution in [3.63, 3.8) is 0 Å². The highest BCUT2D eigenvalue weighted by Crippen LogP contribution is 2.26. The minimum atomic E-state index is -0.415. The monoisotopic (exact) mass is 371 g/mol. The summed E-state index contributed by atoms with van der Waals surface area (Å²) in [7, 11) is 0. The Hall–Kier alpha value is -2.67. The Morgan fingerprint density at radius 2 is 1.77 bits per heavy atom. The minimum absolute atomic E-state index is 0.161. The molecule has 0 aliphatic rings. The van der Waals surface area contributed by atoms with Gasteiger partial charge in [-0.1, -0.05) is 42.1 Å². The maximum absolute atomic E-state index is 13.0. The number of amides is 1. The van der Waals surface area contributed by atoms with E-state index in [9.17, 15) is 9.18 Å². The van der Waals surface area contributed by atoms with Crippen molar-refractivity contribution < 1.29 is 13.6 Å². The van der Waals surface area contributed by atoms with Crippen LogP contribution in [0.15, 0.2) is 64.2 Å². The molecule has 0 aliphatic carbocycles. The third kappa shape index (κ3) is 4.49. The number of aromatic nitrogens is 2. The van der Waals surface area contributed by atoms with Gasteiger partial charge in [-0.3, -0.25) is 4.79 Å². The minimum Gasteiger partial charge on any atom is -0.411 e. The number of thioether (sulfide) groups is 1. The molecule has 3 aromatic rings. The number of carbonyl (C=O) groups is 1. The summed E-state index contributed by atoms with van der Waals surface area (Å²) in [5.74, 6) is -0.0477. The average Bonchev–Trinajstić information content (AvgIpc) is 3.11. The zero-order chi connectivity index (χ0) is 18.5. The van der Waals surface area contributed by atoms with Crippen LogP contribution in [0.5, 0.6) is 0 Å². The number of rotatable bonds is 6. The van der Waals surface area contributed by atoms with Crippen LogP contribution in [0.2, 0.25) is 0 Å². The van der Waals surface area contributed by atoms with E-state index in [0.29, 0.717) is 11.1 Å². The summed E-state index contributed by atoms with van der Waals surface area (Å²) in [5, 5.41) is 10.8. The van der Waals surface area contributed by atoms with Crippen LogP contribution in [-0.4, -0.2) is 21.4 Å². The molecule has 7 heteroatoms. The molecule has 0 saturated heterocycles. The van der Waals surface area contributed by atoms with Crippen molar-refractivity contribution in [3.8, 4) is 11.5 Å². The summed E-state index contributed by atoms with van der Waals surface area (Å²) in [5.41, 5.74) is 1.66. The molecular weight excluding hydrogens is 353 g/mol. The smallest absolute Gasteiger partial charge is 0.277 e. The molecule has 26 heavy (non-hydrogen) atoms. The Bertz CT molecular complexity index is 868. The second-order valence-electron chi connectivity index (χ2n) is 5.78. The van der Waals surface area contributed by atoms with Crippen molar-refractivity contribution in [2.24, 2.45) is 0 Å². The predicted octanol–water partition coefficient (Wildman–Crippen LogP) is 4.23. The lowest BCUT2D eigenvalue weighted by Crippen LogP contribution is -2.33. The molecule has 134 valence electrons. The van der Waals surface area contributed by atoms with Crippen LogP contribution < -0.4 is 5.32 Å². The first-order chi connectivity index (χ1) is 12.5. The second-order valence-corrected chi connectivity index (χ2v) is 7.07. The third-order valence-corrected chi connectivity index (χ3v) is 4.74. The zero-order valence-electron chi connectivity index (χ0n) is 14.3. The normalized spacial score (nSPS) is 13.2. The van der Waals surface area contributed by atoms with Crippen LogP contribution in [0, 0.1) is 5.82 Å². The number of nitrogens with one attached hydrogen (secondary N) is 1. The van der Waals surface area contributed by atoms with Crippen molar-refractivity contribution in [2.45, 2.75) is 30.4 Å². The fourth-order valence-corrected chi connectivity index (χ4v) is 3.02. The molecule has 1 aromatic heterocycles. The van der Waals surface area contributed by atoms with E-state index in [-0.39, 0.29) is 17.8 Å². The van der Waals surface area contributed by atoms with Gasteiger partial charge in [0.2, 0.25) is 11.8 Å². The Morgan fingerprint density at radius 1 is 1.08 bits per heavy atom. The zero-order valence-corrected chi connectivity index (χ0v) is 15.2. The molecule has 1 N–H and O–H groups in total. The van der Waals surface area contributed by atoms with Gasteiger partial charge in [0, 0.05) is 5.56 Å². The summed E-state index contributed by atoms with van der Waals surface area (Å²) in [6, 6.07) is 15.3. The highest BCUT2D eigenvalue weighted by atomic mass is 32.2. The average molecular weight is 371 g/mol. The van der Waals surface area contributed by atoms with Crippen molar-refractivity contribution in [3.05, 3.63) is 66.0 Å². The Labute approximate surface area is 155 Å². The van der Waals surface area contributed by atoms with E-state index in [1.54, 1.807) is 19.1 Å². The van der Waals surface area contributed by atoms with Crippen LogP contribution in [0.3, 0.4) is 0 Å². The molecule has 0 aliphatic heterocycles. The van der Waals surface area contributed by atoms with Gasteiger partial charge in [-0.05, 0) is 43.7 Å². The SMILES string of the molecule is C[C@H](NC(=O)[C@@H](C)Sc1nnc(-c2ccccc2)o1)c1ccc(F)cc1. The molecule has 2 aromatic carbocycles. The van der Waals surface area contributed by atoms with Gasteiger partial charge in [0.15, 0.2) is 0 Å². The molecule has 2 atom stereocenters. The number of hydrogen-bond acceptors (Lipinski definition) is 5. The highest BCUT2D eigenvalue weighted by Gasteiger charge is 2.20. The Balaban J connectivity index is 1.59. The van der Waals surface area contributed by atoms with Crippen LogP contribution >= 0.6 is 11.8 Å². The highest BCUT2D eigenvalue weighted by molar-refractivity contribution is 8.00. The van der Waals surface area contributed by atoms with Gasteiger partial charge in [0.05, 0.1) is 11.3 Å². The molecule has 0 radical (unpaired) electrons. The van der Waals surface area contributed by atoms with E-state index < -0.39 is 5.25 Å². The van der Waals surface area contributed by atoms with Crippen molar-refractivity contribution >= 4 is 17.7 Å². The van der Waals surface area contributed by atoms with E-state index in [1.165, 1.54) is 23.9 Å². The van der Waals surface area contributed by atoms with Gasteiger partial charge in [0.1, 0.15) is 5.82 Å². The first kappa shape index (κ1) is 18.1. The largest absolute Gasteiger partial charge is 0.411 e. The molecule has 5 nitrogen and oxygen atoms in total. The Morgan fingerprint density at radius 3 is 2.46 bits per heavy atom. The van der Waals surface area contributed by atoms with Gasteiger partial charge in [-0.25, -0.2) is 4.39 Å². The fourth-order valence-electron chi connectivity index (χ4n) is 2.33. The fraction of sp³-hybridized carbons (Fsp3) is 0.211. The van der Waals surface area contributed by atoms with Crippen molar-refractivity contribution in [1.82, 2.24) is 15.5 Å². The lowest BCUT2D eigenvalue weighted by atomic mass is 10.1.